The van der Waals surface area contributed by atoms with E-state index in [2.05, 4.69) is 29.7 Å². The Labute approximate surface area is 217 Å². The van der Waals surface area contributed by atoms with Crippen LogP contribution in [0.3, 0.4) is 0 Å². The van der Waals surface area contributed by atoms with Gasteiger partial charge in [0.05, 0.1) is 0 Å². The minimum Gasteiger partial charge on any atom is -0.107 e. The molecule has 0 aliphatic heterocycles. The van der Waals surface area contributed by atoms with Crippen LogP contribution in [0.1, 0.15) is 130 Å². The van der Waals surface area contributed by atoms with E-state index in [1.807, 2.05) is 0 Å². The maximum atomic E-state index is 2.98. The van der Waals surface area contributed by atoms with Gasteiger partial charge in [-0.2, -0.15) is 0 Å². The van der Waals surface area contributed by atoms with E-state index in [0.717, 1.165) is 0 Å². The zero-order chi connectivity index (χ0) is 20.0. The molecule has 0 heterocycles. The van der Waals surface area contributed by atoms with Crippen LogP contribution in [0.5, 0.6) is 0 Å². The molecule has 0 bridgehead atoms. The van der Waals surface area contributed by atoms with Crippen LogP contribution in [-0.4, -0.2) is 28.1 Å². The molecule has 0 aliphatic rings. The predicted molar refractivity (Wildman–Crippen MR) is 135 cm³/mol. The molecule has 0 N–H and O–H groups in total. The van der Waals surface area contributed by atoms with Gasteiger partial charge in [-0.1, -0.05) is 0 Å². The van der Waals surface area contributed by atoms with Crippen LogP contribution in [0.2, 0.25) is 0 Å². The van der Waals surface area contributed by atoms with Gasteiger partial charge in [-0.3, -0.25) is 0 Å². The molecular formula is C24H53IN2Nd. The number of hydrogen-bond donors (Lipinski definition) is 0. The second-order valence-corrected chi connectivity index (χ2v) is 13.0. The van der Waals surface area contributed by atoms with Crippen LogP contribution < -0.4 is 0 Å². The van der Waals surface area contributed by atoms with Gasteiger partial charge in [-0.05, 0) is 0 Å². The second kappa shape index (κ2) is 27.0. The third-order valence-electron chi connectivity index (χ3n) is 5.41. The molecule has 0 spiro atoms. The van der Waals surface area contributed by atoms with Crippen LogP contribution in [-0.2, 0) is 0 Å². The van der Waals surface area contributed by atoms with Crippen molar-refractivity contribution in [2.45, 2.75) is 130 Å². The molecular weight excluding hydrogens is 587 g/mol. The molecule has 4 heteroatoms. The molecule has 0 aromatic heterocycles. The fourth-order valence-electron chi connectivity index (χ4n) is 3.54. The molecule has 0 saturated heterocycles. The summed E-state index contributed by atoms with van der Waals surface area (Å²) in [6.07, 6.45) is 22.7. The first-order chi connectivity index (χ1) is 13.3. The Kier molecular flexibility index (Phi) is 31.1. The molecule has 0 radical (unpaired) electrons. The fraction of sp³-hybridized carbons (Fsp3) is 1.00. The third kappa shape index (κ3) is 22.7. The molecule has 0 aromatic carbocycles. The number of rotatable bonds is 22. The van der Waals surface area contributed by atoms with Gasteiger partial charge in [-0.15, -0.1) is 24.0 Å². The van der Waals surface area contributed by atoms with Crippen molar-refractivity contribution in [3.63, 3.8) is 0 Å². The van der Waals surface area contributed by atoms with Crippen molar-refractivity contribution in [3.8, 4) is 0 Å². The van der Waals surface area contributed by atoms with Crippen molar-refractivity contribution in [3.05, 3.63) is 0 Å². The SMILES string of the molecule is CCCCCC[N](CCCCCC)[Nd][N](CCCCCC)CCCCCC.I. The number of hydrogen-bond acceptors (Lipinski definition) is 2. The van der Waals surface area contributed by atoms with Crippen LogP contribution in [0.15, 0.2) is 0 Å². The molecule has 28 heavy (non-hydrogen) atoms. The number of halogens is 1. The molecule has 0 atom stereocenters. The molecule has 0 unspecified atom stereocenters. The summed E-state index contributed by atoms with van der Waals surface area (Å²) in [4.78, 5) is 0. The molecule has 0 aromatic rings. The molecule has 0 fully saturated rings. The van der Waals surface area contributed by atoms with E-state index in [1.165, 1.54) is 129 Å². The zero-order valence-corrected chi connectivity index (χ0v) is 25.5. The maximum absolute atomic E-state index is 2.98. The second-order valence-electron chi connectivity index (χ2n) is 8.32. The Morgan fingerprint density at radius 3 is 0.857 bits per heavy atom. The van der Waals surface area contributed by atoms with Crippen molar-refractivity contribution in [2.75, 3.05) is 26.2 Å². The molecule has 0 rings (SSSR count). The Morgan fingerprint density at radius 2 is 0.643 bits per heavy atom. The maximum Gasteiger partial charge on any atom is -0.107 e. The first-order valence-corrected chi connectivity index (χ1v) is 15.4. The van der Waals surface area contributed by atoms with Crippen LogP contribution >= 0.6 is 24.0 Å². The average Bonchev–Trinajstić information content (AvgIpc) is 2.68. The number of nitrogens with zero attached hydrogens (tertiary/aromatic N) is 2. The summed E-state index contributed by atoms with van der Waals surface area (Å²) < 4.78 is 5.95. The topological polar surface area (TPSA) is 6.48 Å². The quantitative estimate of drug-likeness (QED) is 0.0866. The largest absolute Gasteiger partial charge is 0.107 e. The zero-order valence-electron chi connectivity index (χ0n) is 19.9. The Balaban J connectivity index is 0. The van der Waals surface area contributed by atoms with Crippen molar-refractivity contribution in [1.29, 1.82) is 0 Å². The van der Waals surface area contributed by atoms with Crippen molar-refractivity contribution >= 4 is 24.0 Å². The summed E-state index contributed by atoms with van der Waals surface area (Å²) in [5, 5.41) is 0. The van der Waals surface area contributed by atoms with Gasteiger partial charge in [0.1, 0.15) is 0 Å². The molecule has 0 saturated carbocycles. The smallest absolute Gasteiger partial charge is 0.107 e. The van der Waals surface area contributed by atoms with E-state index in [1.54, 1.807) is 0 Å². The van der Waals surface area contributed by atoms with Gasteiger partial charge < -0.3 is 0 Å². The minimum absolute atomic E-state index is 0. The van der Waals surface area contributed by atoms with Gasteiger partial charge in [0.2, 0.25) is 0 Å². The monoisotopic (exact) mass is 638 g/mol. The van der Waals surface area contributed by atoms with Crippen molar-refractivity contribution in [1.82, 2.24) is 1.97 Å². The van der Waals surface area contributed by atoms with Gasteiger partial charge in [0.25, 0.3) is 0 Å². The normalized spacial score (nSPS) is 11.2. The number of unbranched alkanes of at least 4 members (excludes halogenated alkanes) is 12. The summed E-state index contributed by atoms with van der Waals surface area (Å²) >= 11 is -0.811. The minimum atomic E-state index is -0.811. The average molecular weight is 641 g/mol. The van der Waals surface area contributed by atoms with Crippen LogP contribution in [0.25, 0.3) is 0 Å². The molecule has 0 aliphatic carbocycles. The first kappa shape index (κ1) is 32.2. The standard InChI is InChI=1S/2C12H26N.HI.Nd/c2*1-3-5-7-9-11-13-12-10-8-6-4-2;;/h2*3-12H2,1-2H3;1H;/q2*-1;;+2. The molecule has 170 valence electrons. The van der Waals surface area contributed by atoms with Crippen molar-refractivity contribution in [2.24, 2.45) is 0 Å². The summed E-state index contributed by atoms with van der Waals surface area (Å²) in [6, 6.07) is 0. The third-order valence-corrected chi connectivity index (χ3v) is 10.1. The van der Waals surface area contributed by atoms with Gasteiger partial charge >= 0.3 is 196 Å². The van der Waals surface area contributed by atoms with Crippen LogP contribution in [0, 0.1) is 37.5 Å². The predicted octanol–water partition coefficient (Wildman–Crippen LogP) is 8.44. The van der Waals surface area contributed by atoms with E-state index in [-0.39, 0.29) is 24.0 Å². The van der Waals surface area contributed by atoms with Crippen molar-refractivity contribution < 1.29 is 37.5 Å². The summed E-state index contributed by atoms with van der Waals surface area (Å²) in [7, 11) is 0. The Hall–Kier alpha value is 2.00. The van der Waals surface area contributed by atoms with E-state index in [9.17, 15) is 0 Å². The van der Waals surface area contributed by atoms with Gasteiger partial charge in [0, 0.05) is 0 Å². The van der Waals surface area contributed by atoms with Gasteiger partial charge in [0.15, 0.2) is 0 Å². The van der Waals surface area contributed by atoms with E-state index >= 15 is 0 Å². The summed E-state index contributed by atoms with van der Waals surface area (Å²) in [6.45, 7) is 14.9. The molecule has 2 nitrogen and oxygen atoms in total. The Bertz CT molecular complexity index is 229. The summed E-state index contributed by atoms with van der Waals surface area (Å²) in [5.74, 6) is 0. The van der Waals surface area contributed by atoms with E-state index in [4.69, 9.17) is 0 Å². The Morgan fingerprint density at radius 1 is 0.393 bits per heavy atom. The fourth-order valence-corrected chi connectivity index (χ4v) is 8.14. The van der Waals surface area contributed by atoms with E-state index < -0.39 is 37.5 Å². The first-order valence-electron chi connectivity index (χ1n) is 12.5. The van der Waals surface area contributed by atoms with Crippen LogP contribution in [0.4, 0.5) is 0 Å². The summed E-state index contributed by atoms with van der Waals surface area (Å²) in [5.41, 5.74) is 0. The van der Waals surface area contributed by atoms with E-state index in [0.29, 0.717) is 0 Å². The van der Waals surface area contributed by atoms with Gasteiger partial charge in [-0.25, -0.2) is 0 Å². The molecule has 0 amide bonds.